The van der Waals surface area contributed by atoms with Crippen LogP contribution in [0.2, 0.25) is 0 Å². The first-order chi connectivity index (χ1) is 8.85. The molecule has 0 bridgehead atoms. The molecule has 4 heteroatoms. The molecular formula is C14H23N3O. The van der Waals surface area contributed by atoms with Gasteiger partial charge < -0.3 is 15.7 Å². The van der Waals surface area contributed by atoms with E-state index in [1.54, 1.807) is 0 Å². The molecule has 3 N–H and O–H groups in total. The number of nitrogens with two attached hydrogens (primary N) is 1. The number of aliphatic hydroxyl groups is 1. The smallest absolute Gasteiger partial charge is 0.0606 e. The molecule has 0 radical (unpaired) electrons. The lowest BCUT2D eigenvalue weighted by Gasteiger charge is -2.36. The highest BCUT2D eigenvalue weighted by atomic mass is 16.3. The molecule has 4 nitrogen and oxygen atoms in total. The third-order valence-electron chi connectivity index (χ3n) is 3.70. The van der Waals surface area contributed by atoms with Gasteiger partial charge in [0.2, 0.25) is 0 Å². The van der Waals surface area contributed by atoms with Gasteiger partial charge in [0.15, 0.2) is 0 Å². The Kier molecular flexibility index (Phi) is 4.96. The van der Waals surface area contributed by atoms with Crippen LogP contribution >= 0.6 is 0 Å². The molecule has 1 aliphatic carbocycles. The average molecular weight is 249 g/mol. The number of pyridine rings is 1. The van der Waals surface area contributed by atoms with Crippen LogP contribution in [0.3, 0.4) is 0 Å². The summed E-state index contributed by atoms with van der Waals surface area (Å²) in [5.74, 6) is 0. The Labute approximate surface area is 109 Å². The topological polar surface area (TPSA) is 62.4 Å². The molecule has 0 unspecified atom stereocenters. The summed E-state index contributed by atoms with van der Waals surface area (Å²) < 4.78 is 0. The second-order valence-electron chi connectivity index (χ2n) is 4.92. The maximum Gasteiger partial charge on any atom is 0.0606 e. The third kappa shape index (κ3) is 3.21. The van der Waals surface area contributed by atoms with Crippen LogP contribution in [-0.4, -0.2) is 29.3 Å². The Morgan fingerprint density at radius 2 is 2.11 bits per heavy atom. The normalized spacial score (nSPS) is 16.8. The monoisotopic (exact) mass is 249 g/mol. The average Bonchev–Trinajstić information content (AvgIpc) is 2.46. The fourth-order valence-electron chi connectivity index (χ4n) is 2.78. The maximum absolute atomic E-state index is 9.27. The van der Waals surface area contributed by atoms with Gasteiger partial charge in [-0.3, -0.25) is 4.98 Å². The van der Waals surface area contributed by atoms with Crippen LogP contribution in [0.5, 0.6) is 0 Å². The lowest BCUT2D eigenvalue weighted by Crippen LogP contribution is -2.39. The minimum Gasteiger partial charge on any atom is -0.395 e. The summed E-state index contributed by atoms with van der Waals surface area (Å²) in [6, 6.07) is 4.62. The first kappa shape index (κ1) is 13.3. The molecule has 0 aliphatic heterocycles. The Morgan fingerprint density at radius 1 is 1.33 bits per heavy atom. The number of aliphatic hydroxyl groups excluding tert-OH is 1. The number of aromatic nitrogens is 1. The standard InChI is InChI=1S/C14H23N3O/c15-11-12-10-14(6-7-16-12)17(8-9-18)13-4-2-1-3-5-13/h6-7,10,13,18H,1-5,8-9,11,15H2. The Bertz CT molecular complexity index is 364. The predicted molar refractivity (Wildman–Crippen MR) is 73.4 cm³/mol. The lowest BCUT2D eigenvalue weighted by molar-refractivity contribution is 0.290. The highest BCUT2D eigenvalue weighted by molar-refractivity contribution is 5.47. The van der Waals surface area contributed by atoms with Gasteiger partial charge in [0.05, 0.1) is 12.3 Å². The molecule has 1 fully saturated rings. The molecule has 1 saturated carbocycles. The van der Waals surface area contributed by atoms with Crippen LogP contribution in [0.15, 0.2) is 18.3 Å². The van der Waals surface area contributed by atoms with Crippen LogP contribution < -0.4 is 10.6 Å². The zero-order chi connectivity index (χ0) is 12.8. The zero-order valence-electron chi connectivity index (χ0n) is 10.9. The number of anilines is 1. The predicted octanol–water partition coefficient (Wildman–Crippen LogP) is 1.67. The van der Waals surface area contributed by atoms with Crippen molar-refractivity contribution in [2.45, 2.75) is 44.7 Å². The van der Waals surface area contributed by atoms with Gasteiger partial charge in [0, 0.05) is 31.0 Å². The van der Waals surface area contributed by atoms with Gasteiger partial charge in [-0.25, -0.2) is 0 Å². The van der Waals surface area contributed by atoms with Crippen molar-refractivity contribution in [2.75, 3.05) is 18.1 Å². The third-order valence-corrected chi connectivity index (χ3v) is 3.70. The molecular weight excluding hydrogens is 226 g/mol. The zero-order valence-corrected chi connectivity index (χ0v) is 10.9. The molecule has 100 valence electrons. The maximum atomic E-state index is 9.27. The van der Waals surface area contributed by atoms with Gasteiger partial charge in [-0.05, 0) is 25.0 Å². The Hall–Kier alpha value is -1.13. The van der Waals surface area contributed by atoms with Crippen LogP contribution in [0.25, 0.3) is 0 Å². The van der Waals surface area contributed by atoms with E-state index < -0.39 is 0 Å². The molecule has 18 heavy (non-hydrogen) atoms. The first-order valence-electron chi connectivity index (χ1n) is 6.87. The van der Waals surface area contributed by atoms with Gasteiger partial charge in [0.1, 0.15) is 0 Å². The molecule has 1 aliphatic rings. The summed E-state index contributed by atoms with van der Waals surface area (Å²) in [5, 5.41) is 9.27. The first-order valence-corrected chi connectivity index (χ1v) is 6.87. The number of rotatable bonds is 5. The minimum atomic E-state index is 0.191. The highest BCUT2D eigenvalue weighted by Crippen LogP contribution is 2.27. The van der Waals surface area contributed by atoms with E-state index in [4.69, 9.17) is 5.73 Å². The summed E-state index contributed by atoms with van der Waals surface area (Å²) in [5.41, 5.74) is 7.69. The molecule has 1 aromatic heterocycles. The summed E-state index contributed by atoms with van der Waals surface area (Å²) in [6.45, 7) is 1.35. The van der Waals surface area contributed by atoms with Crippen molar-refractivity contribution in [3.05, 3.63) is 24.0 Å². The molecule has 2 rings (SSSR count). The van der Waals surface area contributed by atoms with Gasteiger partial charge in [-0.1, -0.05) is 19.3 Å². The molecule has 0 spiro atoms. The van der Waals surface area contributed by atoms with Crippen molar-refractivity contribution in [1.82, 2.24) is 4.98 Å². The van der Waals surface area contributed by atoms with Crippen molar-refractivity contribution in [2.24, 2.45) is 5.73 Å². The molecule has 0 amide bonds. The van der Waals surface area contributed by atoms with E-state index in [-0.39, 0.29) is 6.61 Å². The number of hydrogen-bond donors (Lipinski definition) is 2. The Morgan fingerprint density at radius 3 is 2.78 bits per heavy atom. The molecule has 0 atom stereocenters. The molecule has 0 saturated heterocycles. The van der Waals surface area contributed by atoms with Crippen LogP contribution in [0.4, 0.5) is 5.69 Å². The van der Waals surface area contributed by atoms with Gasteiger partial charge in [0.25, 0.3) is 0 Å². The summed E-state index contributed by atoms with van der Waals surface area (Å²) in [6.07, 6.45) is 8.18. The van der Waals surface area contributed by atoms with Crippen molar-refractivity contribution in [3.63, 3.8) is 0 Å². The fourth-order valence-corrected chi connectivity index (χ4v) is 2.78. The van der Waals surface area contributed by atoms with Crippen LogP contribution in [0.1, 0.15) is 37.8 Å². The summed E-state index contributed by atoms with van der Waals surface area (Å²) in [4.78, 5) is 6.55. The van der Waals surface area contributed by atoms with Crippen LogP contribution in [0, 0.1) is 0 Å². The van der Waals surface area contributed by atoms with E-state index in [9.17, 15) is 5.11 Å². The van der Waals surface area contributed by atoms with E-state index in [1.807, 2.05) is 18.3 Å². The fraction of sp³-hybridized carbons (Fsp3) is 0.643. The van der Waals surface area contributed by atoms with Crippen molar-refractivity contribution < 1.29 is 5.11 Å². The second-order valence-corrected chi connectivity index (χ2v) is 4.92. The quantitative estimate of drug-likeness (QED) is 0.833. The van der Waals surface area contributed by atoms with Crippen molar-refractivity contribution >= 4 is 5.69 Å². The van der Waals surface area contributed by atoms with E-state index in [0.29, 0.717) is 19.1 Å². The molecule has 0 aromatic carbocycles. The van der Waals surface area contributed by atoms with E-state index >= 15 is 0 Å². The van der Waals surface area contributed by atoms with E-state index in [0.717, 1.165) is 11.4 Å². The largest absolute Gasteiger partial charge is 0.395 e. The summed E-state index contributed by atoms with van der Waals surface area (Å²) in [7, 11) is 0. The lowest BCUT2D eigenvalue weighted by atomic mass is 9.94. The van der Waals surface area contributed by atoms with Gasteiger partial charge in [-0.15, -0.1) is 0 Å². The van der Waals surface area contributed by atoms with Crippen molar-refractivity contribution in [3.8, 4) is 0 Å². The minimum absolute atomic E-state index is 0.191. The van der Waals surface area contributed by atoms with Crippen molar-refractivity contribution in [1.29, 1.82) is 0 Å². The highest BCUT2D eigenvalue weighted by Gasteiger charge is 2.21. The number of nitrogens with zero attached hydrogens (tertiary/aromatic N) is 2. The molecule has 1 aromatic rings. The summed E-state index contributed by atoms with van der Waals surface area (Å²) >= 11 is 0. The van der Waals surface area contributed by atoms with Gasteiger partial charge >= 0.3 is 0 Å². The van der Waals surface area contributed by atoms with E-state index in [1.165, 1.54) is 32.1 Å². The molecule has 1 heterocycles. The second kappa shape index (κ2) is 6.71. The number of hydrogen-bond acceptors (Lipinski definition) is 4. The SMILES string of the molecule is NCc1cc(N(CCO)C2CCCCC2)ccn1. The Balaban J connectivity index is 2.16. The van der Waals surface area contributed by atoms with E-state index in [2.05, 4.69) is 9.88 Å². The van der Waals surface area contributed by atoms with Crippen LogP contribution in [-0.2, 0) is 6.54 Å². The van der Waals surface area contributed by atoms with Gasteiger partial charge in [-0.2, -0.15) is 0 Å².